The summed E-state index contributed by atoms with van der Waals surface area (Å²) >= 11 is 0. The molecular weight excluding hydrogens is 256 g/mol. The lowest BCUT2D eigenvalue weighted by Gasteiger charge is -2.32. The van der Waals surface area contributed by atoms with Gasteiger partial charge in [-0.1, -0.05) is 26.2 Å². The first-order valence-electron chi connectivity index (χ1n) is 7.88. The van der Waals surface area contributed by atoms with Crippen LogP contribution in [0.2, 0.25) is 0 Å². The van der Waals surface area contributed by atoms with Gasteiger partial charge in [-0.3, -0.25) is 4.79 Å². The van der Waals surface area contributed by atoms with Gasteiger partial charge in [-0.05, 0) is 44.6 Å². The summed E-state index contributed by atoms with van der Waals surface area (Å²) in [5, 5.41) is 15.5. The average molecular weight is 282 g/mol. The van der Waals surface area contributed by atoms with E-state index in [1.54, 1.807) is 0 Å². The molecule has 1 aliphatic heterocycles. The number of hydrogen-bond donors (Lipinski definition) is 3. The fourth-order valence-corrected chi connectivity index (χ4v) is 3.59. The smallest absolute Gasteiger partial charge is 0.326 e. The number of hydrogen-bond acceptors (Lipinski definition) is 3. The van der Waals surface area contributed by atoms with E-state index in [9.17, 15) is 14.7 Å². The lowest BCUT2D eigenvalue weighted by Crippen LogP contribution is -2.58. The van der Waals surface area contributed by atoms with Crippen molar-refractivity contribution in [2.24, 2.45) is 5.92 Å². The Balaban J connectivity index is 2.03. The predicted molar refractivity (Wildman–Crippen MR) is 76.4 cm³/mol. The van der Waals surface area contributed by atoms with Crippen molar-refractivity contribution in [3.63, 3.8) is 0 Å². The SMILES string of the molecule is CCC1(C(=O)NC(C(=O)O)C2CCCCC2)CCCN1. The van der Waals surface area contributed by atoms with Gasteiger partial charge in [0.2, 0.25) is 5.91 Å². The first-order valence-corrected chi connectivity index (χ1v) is 7.88. The molecule has 1 aliphatic carbocycles. The van der Waals surface area contributed by atoms with Crippen LogP contribution in [-0.4, -0.2) is 35.1 Å². The van der Waals surface area contributed by atoms with E-state index >= 15 is 0 Å². The molecule has 0 bridgehead atoms. The van der Waals surface area contributed by atoms with Crippen molar-refractivity contribution >= 4 is 11.9 Å². The van der Waals surface area contributed by atoms with Crippen LogP contribution < -0.4 is 10.6 Å². The van der Waals surface area contributed by atoms with E-state index in [4.69, 9.17) is 0 Å². The average Bonchev–Trinajstić information content (AvgIpc) is 2.95. The first-order chi connectivity index (χ1) is 9.59. The summed E-state index contributed by atoms with van der Waals surface area (Å²) in [6.45, 7) is 2.82. The second kappa shape index (κ2) is 6.57. The van der Waals surface area contributed by atoms with Gasteiger partial charge >= 0.3 is 5.97 Å². The highest BCUT2D eigenvalue weighted by Gasteiger charge is 2.42. The monoisotopic (exact) mass is 282 g/mol. The molecule has 20 heavy (non-hydrogen) atoms. The number of nitrogens with one attached hydrogen (secondary N) is 2. The van der Waals surface area contributed by atoms with Crippen LogP contribution in [0.3, 0.4) is 0 Å². The molecule has 0 aromatic rings. The number of aliphatic carboxylic acids is 1. The van der Waals surface area contributed by atoms with Crippen molar-refractivity contribution in [1.82, 2.24) is 10.6 Å². The lowest BCUT2D eigenvalue weighted by molar-refractivity contribution is -0.145. The van der Waals surface area contributed by atoms with Gasteiger partial charge < -0.3 is 15.7 Å². The fraction of sp³-hybridized carbons (Fsp3) is 0.867. The van der Waals surface area contributed by atoms with E-state index in [-0.39, 0.29) is 11.8 Å². The number of rotatable bonds is 5. The third kappa shape index (κ3) is 3.14. The largest absolute Gasteiger partial charge is 0.480 e. The lowest BCUT2D eigenvalue weighted by atomic mass is 9.83. The van der Waals surface area contributed by atoms with Gasteiger partial charge in [0.25, 0.3) is 0 Å². The number of amides is 1. The maximum atomic E-state index is 12.5. The summed E-state index contributed by atoms with van der Waals surface area (Å²) in [6.07, 6.45) is 7.61. The van der Waals surface area contributed by atoms with Gasteiger partial charge in [-0.2, -0.15) is 0 Å². The number of carboxylic acid groups (broad SMARTS) is 1. The van der Waals surface area contributed by atoms with Gasteiger partial charge in [0.1, 0.15) is 6.04 Å². The summed E-state index contributed by atoms with van der Waals surface area (Å²) < 4.78 is 0. The van der Waals surface area contributed by atoms with Gasteiger partial charge in [0.05, 0.1) is 5.54 Å². The molecule has 0 aromatic heterocycles. The highest BCUT2D eigenvalue weighted by atomic mass is 16.4. The summed E-state index contributed by atoms with van der Waals surface area (Å²) in [7, 11) is 0. The van der Waals surface area contributed by atoms with Crippen molar-refractivity contribution in [1.29, 1.82) is 0 Å². The molecule has 5 nitrogen and oxygen atoms in total. The van der Waals surface area contributed by atoms with Crippen LogP contribution in [0.1, 0.15) is 58.3 Å². The maximum absolute atomic E-state index is 12.5. The Bertz CT molecular complexity index is 358. The Morgan fingerprint density at radius 1 is 1.30 bits per heavy atom. The van der Waals surface area contributed by atoms with E-state index in [0.717, 1.165) is 45.1 Å². The zero-order chi connectivity index (χ0) is 14.6. The zero-order valence-corrected chi connectivity index (χ0v) is 12.3. The van der Waals surface area contributed by atoms with Crippen LogP contribution in [0, 0.1) is 5.92 Å². The molecule has 2 unspecified atom stereocenters. The molecule has 2 aliphatic rings. The third-order valence-electron chi connectivity index (χ3n) is 4.96. The fourth-order valence-electron chi connectivity index (χ4n) is 3.59. The zero-order valence-electron chi connectivity index (χ0n) is 12.3. The Labute approximate surface area is 120 Å². The summed E-state index contributed by atoms with van der Waals surface area (Å²) in [5.74, 6) is -0.939. The molecule has 2 fully saturated rings. The molecule has 1 heterocycles. The van der Waals surface area contributed by atoms with Crippen LogP contribution in [0.4, 0.5) is 0 Å². The Kier molecular flexibility index (Phi) is 5.02. The molecule has 5 heteroatoms. The van der Waals surface area contributed by atoms with Gasteiger partial charge in [0, 0.05) is 0 Å². The topological polar surface area (TPSA) is 78.4 Å². The molecule has 1 saturated carbocycles. The van der Waals surface area contributed by atoms with E-state index in [2.05, 4.69) is 10.6 Å². The van der Waals surface area contributed by atoms with Crippen molar-refractivity contribution in [2.75, 3.05) is 6.54 Å². The van der Waals surface area contributed by atoms with Crippen LogP contribution in [-0.2, 0) is 9.59 Å². The first kappa shape index (κ1) is 15.3. The van der Waals surface area contributed by atoms with Gasteiger partial charge in [0.15, 0.2) is 0 Å². The summed E-state index contributed by atoms with van der Waals surface area (Å²) in [5.41, 5.74) is -0.553. The highest BCUT2D eigenvalue weighted by Crippen LogP contribution is 2.28. The minimum Gasteiger partial charge on any atom is -0.480 e. The number of carbonyl (C=O) groups is 2. The normalized spacial score (nSPS) is 29.1. The van der Waals surface area contributed by atoms with Crippen LogP contribution in [0.25, 0.3) is 0 Å². The van der Waals surface area contributed by atoms with E-state index in [1.165, 1.54) is 6.42 Å². The van der Waals surface area contributed by atoms with E-state index in [0.29, 0.717) is 6.42 Å². The Morgan fingerprint density at radius 3 is 2.50 bits per heavy atom. The molecule has 1 saturated heterocycles. The molecular formula is C15H26N2O3. The highest BCUT2D eigenvalue weighted by molar-refractivity contribution is 5.90. The summed E-state index contributed by atoms with van der Waals surface area (Å²) in [6, 6.07) is -0.728. The molecule has 0 spiro atoms. The second-order valence-corrected chi connectivity index (χ2v) is 6.15. The van der Waals surface area contributed by atoms with Crippen molar-refractivity contribution in [3.05, 3.63) is 0 Å². The molecule has 0 radical (unpaired) electrons. The van der Waals surface area contributed by atoms with Crippen LogP contribution in [0.15, 0.2) is 0 Å². The molecule has 0 aromatic carbocycles. The van der Waals surface area contributed by atoms with Gasteiger partial charge in [-0.25, -0.2) is 4.79 Å². The summed E-state index contributed by atoms with van der Waals surface area (Å²) in [4.78, 5) is 24.0. The van der Waals surface area contributed by atoms with Crippen molar-refractivity contribution in [2.45, 2.75) is 69.9 Å². The molecule has 2 rings (SSSR count). The third-order valence-corrected chi connectivity index (χ3v) is 4.96. The molecule has 1 amide bonds. The minimum absolute atomic E-state index is 0.0838. The Hall–Kier alpha value is -1.10. The van der Waals surface area contributed by atoms with Crippen LogP contribution in [0.5, 0.6) is 0 Å². The van der Waals surface area contributed by atoms with E-state index in [1.807, 2.05) is 6.92 Å². The van der Waals surface area contributed by atoms with Crippen molar-refractivity contribution in [3.8, 4) is 0 Å². The standard InChI is InChI=1S/C15H26N2O3/c1-2-15(9-6-10-16-15)14(20)17-12(13(18)19)11-7-4-3-5-8-11/h11-12,16H,2-10H2,1H3,(H,17,20)(H,18,19). The molecule has 2 atom stereocenters. The number of carbonyl (C=O) groups excluding carboxylic acids is 1. The number of carboxylic acids is 1. The van der Waals surface area contributed by atoms with E-state index < -0.39 is 17.6 Å². The quantitative estimate of drug-likeness (QED) is 0.716. The second-order valence-electron chi connectivity index (χ2n) is 6.15. The molecule has 3 N–H and O–H groups in total. The predicted octanol–water partition coefficient (Wildman–Crippen LogP) is 1.67. The minimum atomic E-state index is -0.894. The van der Waals surface area contributed by atoms with Crippen molar-refractivity contribution < 1.29 is 14.7 Å². The molecule has 114 valence electrons. The van der Waals surface area contributed by atoms with Crippen LogP contribution >= 0.6 is 0 Å². The Morgan fingerprint density at radius 2 is 2.00 bits per heavy atom. The van der Waals surface area contributed by atoms with Gasteiger partial charge in [-0.15, -0.1) is 0 Å². The maximum Gasteiger partial charge on any atom is 0.326 e.